The highest BCUT2D eigenvalue weighted by Crippen LogP contribution is 2.30. The van der Waals surface area contributed by atoms with E-state index >= 15 is 0 Å². The fourth-order valence-corrected chi connectivity index (χ4v) is 2.97. The van der Waals surface area contributed by atoms with E-state index in [4.69, 9.17) is 4.74 Å². The molecule has 0 radical (unpaired) electrons. The van der Waals surface area contributed by atoms with Crippen LogP contribution in [0.5, 0.6) is 5.75 Å². The van der Waals surface area contributed by atoms with Gasteiger partial charge in [0, 0.05) is 5.39 Å². The van der Waals surface area contributed by atoms with Gasteiger partial charge in [0.1, 0.15) is 10.4 Å². The van der Waals surface area contributed by atoms with Crippen LogP contribution in [0.15, 0.2) is 47.1 Å². The zero-order valence-electron chi connectivity index (χ0n) is 12.7. The van der Waals surface area contributed by atoms with Crippen LogP contribution in [0, 0.1) is 0 Å². The van der Waals surface area contributed by atoms with Crippen LogP contribution in [0.4, 0.5) is 13.2 Å². The van der Waals surface area contributed by atoms with Gasteiger partial charge in [-0.3, -0.25) is 0 Å². The van der Waals surface area contributed by atoms with E-state index in [0.29, 0.717) is 26.8 Å². The number of nitrogens with zero attached hydrogens (tertiary/aromatic N) is 2. The Balaban J connectivity index is 2.06. The second-order valence-electron chi connectivity index (χ2n) is 4.94. The van der Waals surface area contributed by atoms with Crippen LogP contribution in [0.2, 0.25) is 0 Å². The summed E-state index contributed by atoms with van der Waals surface area (Å²) in [5.41, 5.74) is 1.43. The van der Waals surface area contributed by atoms with E-state index in [9.17, 15) is 18.0 Å². The van der Waals surface area contributed by atoms with E-state index < -0.39 is 12.3 Å². The molecular weight excluding hydrogens is 405 g/mol. The van der Waals surface area contributed by atoms with Crippen molar-refractivity contribution in [2.24, 2.45) is 0 Å². The summed E-state index contributed by atoms with van der Waals surface area (Å²) in [6.45, 7) is 0. The summed E-state index contributed by atoms with van der Waals surface area (Å²) in [6, 6.07) is 10.3. The van der Waals surface area contributed by atoms with Crippen LogP contribution in [0.3, 0.4) is 0 Å². The van der Waals surface area contributed by atoms with Crippen molar-refractivity contribution in [1.29, 1.82) is 0 Å². The van der Waals surface area contributed by atoms with Crippen LogP contribution < -0.4 is 4.74 Å². The van der Waals surface area contributed by atoms with E-state index in [1.165, 1.54) is 36.1 Å². The third-order valence-corrected chi connectivity index (χ3v) is 3.94. The van der Waals surface area contributed by atoms with E-state index in [1.807, 2.05) is 0 Å². The summed E-state index contributed by atoms with van der Waals surface area (Å²) >= 11 is 3.30. The molecule has 1 aromatic heterocycles. The number of esters is 1. The number of methoxy groups -OCH3 is 1. The molecule has 0 spiro atoms. The lowest BCUT2D eigenvalue weighted by atomic mass is 10.1. The highest BCUT2D eigenvalue weighted by molar-refractivity contribution is 9.10. The highest BCUT2D eigenvalue weighted by Gasteiger charge is 2.31. The maximum Gasteiger partial charge on any atom is 0.573 e. The molecule has 0 aliphatic carbocycles. The summed E-state index contributed by atoms with van der Waals surface area (Å²) in [4.78, 5) is 11.9. The molecule has 25 heavy (non-hydrogen) atoms. The number of hydrogen-bond donors (Lipinski definition) is 0. The van der Waals surface area contributed by atoms with Crippen molar-refractivity contribution < 1.29 is 27.4 Å². The monoisotopic (exact) mass is 414 g/mol. The lowest BCUT2D eigenvalue weighted by Gasteiger charge is -2.09. The number of carbonyl (C=O) groups excluding carboxylic acids is 1. The quantitative estimate of drug-likeness (QED) is 0.593. The van der Waals surface area contributed by atoms with Crippen LogP contribution in [-0.4, -0.2) is 29.2 Å². The number of hydrogen-bond acceptors (Lipinski definition) is 4. The Morgan fingerprint density at radius 3 is 2.44 bits per heavy atom. The van der Waals surface area contributed by atoms with Crippen molar-refractivity contribution in [2.45, 2.75) is 6.36 Å². The fourth-order valence-electron chi connectivity index (χ4n) is 2.39. The van der Waals surface area contributed by atoms with Crippen LogP contribution in [0.25, 0.3) is 16.6 Å². The SMILES string of the molecule is COC(=O)c1cccc2c1c(Br)nn2-c1ccc(OC(F)(F)F)cc1. The molecule has 130 valence electrons. The van der Waals surface area contributed by atoms with Gasteiger partial charge in [0.25, 0.3) is 0 Å². The van der Waals surface area contributed by atoms with Crippen LogP contribution in [-0.2, 0) is 4.74 Å². The summed E-state index contributed by atoms with van der Waals surface area (Å²) in [7, 11) is 1.28. The standard InChI is InChI=1S/C16H10BrF3N2O3/c1-24-15(23)11-3-2-4-12-13(11)14(17)21-22(12)9-5-7-10(8-6-9)25-16(18,19)20/h2-8H,1H3. The second-order valence-corrected chi connectivity index (χ2v) is 5.69. The maximum absolute atomic E-state index is 12.2. The minimum absolute atomic E-state index is 0.329. The Kier molecular flexibility index (Phi) is 4.42. The largest absolute Gasteiger partial charge is 0.573 e. The maximum atomic E-state index is 12.2. The lowest BCUT2D eigenvalue weighted by Crippen LogP contribution is -2.17. The van der Waals surface area contributed by atoms with Gasteiger partial charge in [-0.25, -0.2) is 9.48 Å². The Bertz CT molecular complexity index is 936. The molecule has 0 fully saturated rings. The molecule has 9 heteroatoms. The lowest BCUT2D eigenvalue weighted by molar-refractivity contribution is -0.274. The predicted octanol–water partition coefficient (Wildman–Crippen LogP) is 4.47. The molecule has 1 heterocycles. The van der Waals surface area contributed by atoms with E-state index in [-0.39, 0.29) is 5.75 Å². The number of ether oxygens (including phenoxy) is 2. The minimum Gasteiger partial charge on any atom is -0.465 e. The first kappa shape index (κ1) is 17.3. The third kappa shape index (κ3) is 3.46. The van der Waals surface area contributed by atoms with Gasteiger partial charge < -0.3 is 9.47 Å². The normalized spacial score (nSPS) is 11.6. The number of alkyl halides is 3. The number of aromatic nitrogens is 2. The number of halogens is 4. The van der Waals surface area contributed by atoms with E-state index in [2.05, 4.69) is 25.8 Å². The predicted molar refractivity (Wildman–Crippen MR) is 86.8 cm³/mol. The first-order valence-electron chi connectivity index (χ1n) is 6.92. The van der Waals surface area contributed by atoms with Crippen molar-refractivity contribution in [3.63, 3.8) is 0 Å². The fraction of sp³-hybridized carbons (Fsp3) is 0.125. The Labute approximate surface area is 148 Å². The third-order valence-electron chi connectivity index (χ3n) is 3.38. The topological polar surface area (TPSA) is 53.3 Å². The Morgan fingerprint density at radius 2 is 1.84 bits per heavy atom. The van der Waals surface area contributed by atoms with Crippen molar-refractivity contribution in [3.05, 3.63) is 52.6 Å². The minimum atomic E-state index is -4.75. The average molecular weight is 415 g/mol. The molecule has 0 bridgehead atoms. The summed E-state index contributed by atoms with van der Waals surface area (Å²) in [6.07, 6.45) is -4.75. The van der Waals surface area contributed by atoms with Gasteiger partial charge in [0.15, 0.2) is 0 Å². The van der Waals surface area contributed by atoms with Crippen LogP contribution in [0.1, 0.15) is 10.4 Å². The molecular formula is C16H10BrF3N2O3. The molecule has 0 saturated carbocycles. The molecule has 3 rings (SSSR count). The van der Waals surface area contributed by atoms with Crippen molar-refractivity contribution in [2.75, 3.05) is 7.11 Å². The van der Waals surface area contributed by atoms with Crippen molar-refractivity contribution >= 4 is 32.8 Å². The molecule has 0 aliphatic heterocycles. The van der Waals surface area contributed by atoms with Crippen LogP contribution >= 0.6 is 15.9 Å². The molecule has 0 saturated heterocycles. The molecule has 0 N–H and O–H groups in total. The van der Waals surface area contributed by atoms with E-state index in [0.717, 1.165) is 0 Å². The van der Waals surface area contributed by atoms with Gasteiger partial charge in [-0.2, -0.15) is 5.10 Å². The molecule has 3 aromatic rings. The van der Waals surface area contributed by atoms with Gasteiger partial charge in [-0.1, -0.05) is 6.07 Å². The average Bonchev–Trinajstić information content (AvgIpc) is 2.90. The number of carbonyl (C=O) groups is 1. The number of benzene rings is 2. The molecule has 0 aliphatic rings. The Morgan fingerprint density at radius 1 is 1.16 bits per heavy atom. The van der Waals surface area contributed by atoms with Gasteiger partial charge in [0.2, 0.25) is 0 Å². The van der Waals surface area contributed by atoms with E-state index in [1.54, 1.807) is 18.2 Å². The van der Waals surface area contributed by atoms with Gasteiger partial charge in [0.05, 0.1) is 23.9 Å². The van der Waals surface area contributed by atoms with Gasteiger partial charge in [-0.15, -0.1) is 13.2 Å². The van der Waals surface area contributed by atoms with Gasteiger partial charge in [-0.05, 0) is 52.3 Å². The second kappa shape index (κ2) is 6.40. The number of rotatable bonds is 3. The molecule has 0 amide bonds. The smallest absolute Gasteiger partial charge is 0.465 e. The van der Waals surface area contributed by atoms with Crippen molar-refractivity contribution in [1.82, 2.24) is 9.78 Å². The first-order valence-corrected chi connectivity index (χ1v) is 7.71. The van der Waals surface area contributed by atoms with Gasteiger partial charge >= 0.3 is 12.3 Å². The summed E-state index contributed by atoms with van der Waals surface area (Å²) in [5.74, 6) is -0.846. The highest BCUT2D eigenvalue weighted by atomic mass is 79.9. The Hall–Kier alpha value is -2.55. The zero-order valence-corrected chi connectivity index (χ0v) is 14.3. The molecule has 2 aromatic carbocycles. The van der Waals surface area contributed by atoms with Crippen molar-refractivity contribution in [3.8, 4) is 11.4 Å². The first-order chi connectivity index (χ1) is 11.8. The zero-order chi connectivity index (χ0) is 18.2. The summed E-state index contributed by atoms with van der Waals surface area (Å²) < 4.78 is 47.2. The molecule has 5 nitrogen and oxygen atoms in total. The molecule has 0 atom stereocenters. The number of fused-ring (bicyclic) bond motifs is 1. The summed E-state index contributed by atoms with van der Waals surface area (Å²) in [5, 5.41) is 4.85. The molecule has 0 unspecified atom stereocenters.